The second kappa shape index (κ2) is 9.12. The minimum atomic E-state index is -1.03. The molecule has 33 heavy (non-hydrogen) atoms. The molecule has 0 saturated carbocycles. The van der Waals surface area contributed by atoms with E-state index in [9.17, 15) is 35.1 Å². The number of rotatable bonds is 6. The van der Waals surface area contributed by atoms with Crippen molar-refractivity contribution in [3.8, 4) is 40.1 Å². The Balaban J connectivity index is 2.22. The monoisotopic (exact) mass is 452 g/mol. The van der Waals surface area contributed by atoms with E-state index in [0.717, 1.165) is 35.8 Å². The van der Waals surface area contributed by atoms with Gasteiger partial charge in [-0.25, -0.2) is 0 Å². The molecule has 8 heteroatoms. The van der Waals surface area contributed by atoms with Gasteiger partial charge in [-0.1, -0.05) is 17.2 Å². The van der Waals surface area contributed by atoms with Gasteiger partial charge < -0.3 is 29.9 Å². The summed E-state index contributed by atoms with van der Waals surface area (Å²) in [5, 5.41) is 49.8. The summed E-state index contributed by atoms with van der Waals surface area (Å²) in [5.74, 6) is -4.17. The zero-order valence-corrected chi connectivity index (χ0v) is 18.3. The van der Waals surface area contributed by atoms with E-state index in [4.69, 9.17) is 4.42 Å². The number of hydrogen-bond donors (Lipinski definition) is 5. The van der Waals surface area contributed by atoms with E-state index in [1.54, 1.807) is 6.92 Å². The average molecular weight is 452 g/mol. The number of phenols is 4. The van der Waals surface area contributed by atoms with Gasteiger partial charge in [0, 0.05) is 11.6 Å². The highest BCUT2D eigenvalue weighted by molar-refractivity contribution is 6.15. The summed E-state index contributed by atoms with van der Waals surface area (Å²) < 4.78 is 5.64. The van der Waals surface area contributed by atoms with Crippen molar-refractivity contribution in [1.82, 2.24) is 0 Å². The number of ketones is 1. The van der Waals surface area contributed by atoms with Crippen LogP contribution in [0.3, 0.4) is 0 Å². The van der Waals surface area contributed by atoms with Crippen molar-refractivity contribution >= 4 is 16.8 Å². The Morgan fingerprint density at radius 3 is 2.27 bits per heavy atom. The normalized spacial score (nSPS) is 11.5. The number of aromatic hydroxyl groups is 5. The van der Waals surface area contributed by atoms with Gasteiger partial charge in [0.25, 0.3) is 0 Å². The molecule has 0 fully saturated rings. The molecule has 1 aromatic heterocycles. The summed E-state index contributed by atoms with van der Waals surface area (Å²) in [4.78, 5) is 25.8. The lowest BCUT2D eigenvalue weighted by Crippen LogP contribution is -2.07. The number of hydrogen-bond acceptors (Lipinski definition) is 8. The third kappa shape index (κ3) is 4.69. The molecule has 0 aliphatic carbocycles. The molecule has 0 atom stereocenters. The lowest BCUT2D eigenvalue weighted by Gasteiger charge is -2.11. The van der Waals surface area contributed by atoms with Crippen molar-refractivity contribution in [1.29, 1.82) is 0 Å². The molecule has 1 heterocycles. The number of carbonyl (C=O) groups is 1. The molecule has 3 rings (SSSR count). The Bertz CT molecular complexity index is 1370. The molecule has 0 unspecified atom stereocenters. The van der Waals surface area contributed by atoms with Gasteiger partial charge in [-0.15, -0.1) is 0 Å². The van der Waals surface area contributed by atoms with Crippen LogP contribution in [0.4, 0.5) is 0 Å². The highest BCUT2D eigenvalue weighted by atomic mass is 16.4. The van der Waals surface area contributed by atoms with Gasteiger partial charge in [0.15, 0.2) is 28.6 Å². The fraction of sp³-hybridized carbons (Fsp3) is 0.200. The average Bonchev–Trinajstić information content (AvgIpc) is 2.71. The highest BCUT2D eigenvalue weighted by Crippen LogP contribution is 2.40. The van der Waals surface area contributed by atoms with Gasteiger partial charge >= 0.3 is 0 Å². The molecule has 0 aliphatic rings. The maximum Gasteiger partial charge on any atom is 0.238 e. The summed E-state index contributed by atoms with van der Waals surface area (Å²) in [6.45, 7) is 5.68. The first-order valence-electron chi connectivity index (χ1n) is 10.1. The Morgan fingerprint density at radius 1 is 0.939 bits per heavy atom. The summed E-state index contributed by atoms with van der Waals surface area (Å²) in [6.07, 6.45) is 4.65. The van der Waals surface area contributed by atoms with Crippen LogP contribution < -0.4 is 5.43 Å². The lowest BCUT2D eigenvalue weighted by molar-refractivity contribution is 0.104. The predicted molar refractivity (Wildman–Crippen MR) is 123 cm³/mol. The third-order valence-corrected chi connectivity index (χ3v) is 5.05. The number of phenolic OH excluding ortho intramolecular Hbond substituents is 4. The van der Waals surface area contributed by atoms with Crippen molar-refractivity contribution in [3.63, 3.8) is 0 Å². The van der Waals surface area contributed by atoms with Gasteiger partial charge in [-0.2, -0.15) is 0 Å². The first-order valence-corrected chi connectivity index (χ1v) is 10.1. The van der Waals surface area contributed by atoms with Gasteiger partial charge in [0.05, 0.1) is 0 Å². The predicted octanol–water partition coefficient (Wildman–Crippen LogP) is 4.86. The van der Waals surface area contributed by atoms with Crippen LogP contribution in [0.25, 0.3) is 22.3 Å². The first kappa shape index (κ1) is 23.5. The molecule has 0 bridgehead atoms. The van der Waals surface area contributed by atoms with Crippen molar-refractivity contribution in [2.24, 2.45) is 0 Å². The molecule has 3 aromatic rings. The van der Waals surface area contributed by atoms with Crippen LogP contribution in [0, 0.1) is 0 Å². The van der Waals surface area contributed by atoms with Crippen LogP contribution in [0.2, 0.25) is 0 Å². The minimum absolute atomic E-state index is 0.0245. The SMILES string of the molecule is CC(C)=CCC/C(C)=C/C(=O)c1c(O)cc(O)c2c(=O)c(O)c(-c3ccc(O)c(O)c3)oc12. The molecule has 172 valence electrons. The maximum absolute atomic E-state index is 13.0. The van der Waals surface area contributed by atoms with Gasteiger partial charge in [0.2, 0.25) is 11.2 Å². The topological polar surface area (TPSA) is 148 Å². The van der Waals surface area contributed by atoms with Crippen molar-refractivity contribution in [3.05, 3.63) is 63.4 Å². The molecule has 0 spiro atoms. The largest absolute Gasteiger partial charge is 0.507 e. The van der Waals surface area contributed by atoms with E-state index in [1.165, 1.54) is 12.1 Å². The van der Waals surface area contributed by atoms with Crippen molar-refractivity contribution in [2.75, 3.05) is 0 Å². The number of benzene rings is 2. The van der Waals surface area contributed by atoms with Gasteiger partial charge in [0.1, 0.15) is 22.4 Å². The molecule has 0 radical (unpaired) electrons. The molecular formula is C25H24O8. The lowest BCUT2D eigenvalue weighted by atomic mass is 10.0. The number of allylic oxidation sites excluding steroid dienone is 4. The number of carbonyl (C=O) groups excluding carboxylic acids is 1. The molecular weight excluding hydrogens is 428 g/mol. The van der Waals surface area contributed by atoms with E-state index >= 15 is 0 Å². The standard InChI is InChI=1S/C25H24O8/c1-12(2)5-4-6-13(3)9-17(28)20-18(29)11-19(30)21-22(31)23(32)24(33-25(20)21)14-7-8-15(26)16(27)10-14/h5,7-11,26-27,29-30,32H,4,6H2,1-3H3/b13-9+. The second-order valence-corrected chi connectivity index (χ2v) is 7.98. The zero-order valence-electron chi connectivity index (χ0n) is 18.3. The van der Waals surface area contributed by atoms with Crippen molar-refractivity contribution in [2.45, 2.75) is 33.6 Å². The summed E-state index contributed by atoms with van der Waals surface area (Å²) in [5.41, 5.74) is 0.0849. The fourth-order valence-corrected chi connectivity index (χ4v) is 3.38. The number of fused-ring (bicyclic) bond motifs is 1. The molecule has 8 nitrogen and oxygen atoms in total. The van der Waals surface area contributed by atoms with Crippen LogP contribution in [0.5, 0.6) is 28.7 Å². The Kier molecular flexibility index (Phi) is 6.48. The van der Waals surface area contributed by atoms with Gasteiger partial charge in [-0.3, -0.25) is 9.59 Å². The molecule has 2 aromatic carbocycles. The van der Waals surface area contributed by atoms with Crippen LogP contribution in [0.1, 0.15) is 44.0 Å². The van der Waals surface area contributed by atoms with Crippen LogP contribution in [-0.2, 0) is 0 Å². The highest BCUT2D eigenvalue weighted by Gasteiger charge is 2.25. The third-order valence-electron chi connectivity index (χ3n) is 5.05. The summed E-state index contributed by atoms with van der Waals surface area (Å²) in [7, 11) is 0. The van der Waals surface area contributed by atoms with Gasteiger partial charge in [-0.05, 0) is 57.9 Å². The Labute approximate surface area is 189 Å². The van der Waals surface area contributed by atoms with E-state index < -0.39 is 56.7 Å². The zero-order chi connectivity index (χ0) is 24.4. The van der Waals surface area contributed by atoms with Crippen LogP contribution in [-0.4, -0.2) is 31.3 Å². The van der Waals surface area contributed by atoms with Crippen molar-refractivity contribution < 1.29 is 34.7 Å². The molecule has 0 amide bonds. The summed E-state index contributed by atoms with van der Waals surface area (Å²) in [6, 6.07) is 4.29. The van der Waals surface area contributed by atoms with Crippen LogP contribution in [0.15, 0.2) is 56.8 Å². The Morgan fingerprint density at radius 2 is 1.64 bits per heavy atom. The second-order valence-electron chi connectivity index (χ2n) is 7.98. The van der Waals surface area contributed by atoms with E-state index in [2.05, 4.69) is 0 Å². The maximum atomic E-state index is 13.0. The Hall–Kier alpha value is -4.20. The smallest absolute Gasteiger partial charge is 0.238 e. The molecule has 0 aliphatic heterocycles. The molecule has 5 N–H and O–H groups in total. The van der Waals surface area contributed by atoms with E-state index in [1.807, 2.05) is 19.9 Å². The molecule has 0 saturated heterocycles. The fourth-order valence-electron chi connectivity index (χ4n) is 3.38. The first-order chi connectivity index (χ1) is 15.5. The quantitative estimate of drug-likeness (QED) is 0.154. The summed E-state index contributed by atoms with van der Waals surface area (Å²) >= 11 is 0. The van der Waals surface area contributed by atoms with E-state index in [0.29, 0.717) is 6.42 Å². The van der Waals surface area contributed by atoms with E-state index in [-0.39, 0.29) is 11.1 Å². The van der Waals surface area contributed by atoms with Crippen LogP contribution >= 0.6 is 0 Å². The minimum Gasteiger partial charge on any atom is -0.507 e.